The van der Waals surface area contributed by atoms with E-state index >= 15 is 0 Å². The van der Waals surface area contributed by atoms with Crippen LogP contribution >= 0.6 is 11.6 Å². The smallest absolute Gasteiger partial charge is 0.128 e. The fraction of sp³-hybridized carbons (Fsp3) is 0.300. The molecular weight excluding hydrogens is 170 g/mol. The van der Waals surface area contributed by atoms with E-state index in [0.29, 0.717) is 11.1 Å². The maximum atomic E-state index is 5.62. The van der Waals surface area contributed by atoms with Crippen LogP contribution in [0.2, 0.25) is 0 Å². The first-order chi connectivity index (χ1) is 5.61. The summed E-state index contributed by atoms with van der Waals surface area (Å²) in [4.78, 5) is 3.97. The van der Waals surface area contributed by atoms with Crippen molar-refractivity contribution >= 4 is 16.8 Å². The lowest BCUT2D eigenvalue weighted by atomic mass is 10.1. The van der Waals surface area contributed by atoms with Crippen LogP contribution < -0.4 is 0 Å². The lowest BCUT2D eigenvalue weighted by Gasteiger charge is -2.02. The standard InChI is InChI=1S/C10H14ClN/c1-5-9(8(3)4)7-12-10(11)6-2/h5-8H,1-2H2,3-4H3/b9-7+,12-10+. The van der Waals surface area contributed by atoms with Crippen molar-refractivity contribution < 1.29 is 0 Å². The lowest BCUT2D eigenvalue weighted by molar-refractivity contribution is 0.789. The Balaban J connectivity index is 4.50. The fourth-order valence-corrected chi connectivity index (χ4v) is 0.675. The molecule has 0 saturated heterocycles. The molecule has 0 heterocycles. The molecule has 66 valence electrons. The summed E-state index contributed by atoms with van der Waals surface area (Å²) in [6.45, 7) is 11.3. The molecule has 12 heavy (non-hydrogen) atoms. The third-order valence-electron chi connectivity index (χ3n) is 1.41. The average Bonchev–Trinajstić information content (AvgIpc) is 2.04. The summed E-state index contributed by atoms with van der Waals surface area (Å²) in [5, 5.41) is 0.398. The molecular formula is C10H14ClN. The second-order valence-corrected chi connectivity index (χ2v) is 3.03. The van der Waals surface area contributed by atoms with Crippen LogP contribution in [0, 0.1) is 5.92 Å². The zero-order valence-corrected chi connectivity index (χ0v) is 8.30. The van der Waals surface area contributed by atoms with Gasteiger partial charge in [-0.05, 0) is 17.6 Å². The molecule has 0 aromatic heterocycles. The van der Waals surface area contributed by atoms with Gasteiger partial charge in [-0.25, -0.2) is 4.99 Å². The topological polar surface area (TPSA) is 12.4 Å². The zero-order chi connectivity index (χ0) is 9.56. The Kier molecular flexibility index (Phi) is 5.39. The van der Waals surface area contributed by atoms with Crippen molar-refractivity contribution in [2.24, 2.45) is 10.9 Å². The van der Waals surface area contributed by atoms with Crippen molar-refractivity contribution in [2.45, 2.75) is 13.8 Å². The van der Waals surface area contributed by atoms with Gasteiger partial charge in [0.15, 0.2) is 0 Å². The summed E-state index contributed by atoms with van der Waals surface area (Å²) in [5.74, 6) is 0.417. The van der Waals surface area contributed by atoms with Gasteiger partial charge in [-0.3, -0.25) is 0 Å². The summed E-state index contributed by atoms with van der Waals surface area (Å²) in [6, 6.07) is 0. The highest BCUT2D eigenvalue weighted by molar-refractivity contribution is 6.68. The maximum Gasteiger partial charge on any atom is 0.128 e. The van der Waals surface area contributed by atoms with Crippen LogP contribution in [0.1, 0.15) is 13.8 Å². The van der Waals surface area contributed by atoms with Gasteiger partial charge in [-0.2, -0.15) is 0 Å². The van der Waals surface area contributed by atoms with E-state index in [1.807, 2.05) is 0 Å². The predicted octanol–water partition coefficient (Wildman–Crippen LogP) is 3.54. The average molecular weight is 184 g/mol. The molecule has 0 saturated carbocycles. The van der Waals surface area contributed by atoms with E-state index < -0.39 is 0 Å². The summed E-state index contributed by atoms with van der Waals surface area (Å²) in [7, 11) is 0. The van der Waals surface area contributed by atoms with Gasteiger partial charge in [-0.15, -0.1) is 0 Å². The molecule has 0 aromatic carbocycles. The minimum Gasteiger partial charge on any atom is -0.244 e. The van der Waals surface area contributed by atoms with Crippen molar-refractivity contribution in [3.05, 3.63) is 37.1 Å². The predicted molar refractivity (Wildman–Crippen MR) is 56.6 cm³/mol. The van der Waals surface area contributed by atoms with Crippen LogP contribution in [0.5, 0.6) is 0 Å². The van der Waals surface area contributed by atoms with Crippen molar-refractivity contribution in [2.75, 3.05) is 0 Å². The molecule has 0 rings (SSSR count). The zero-order valence-electron chi connectivity index (χ0n) is 7.55. The Hall–Kier alpha value is -0.820. The van der Waals surface area contributed by atoms with Crippen LogP contribution in [-0.4, -0.2) is 5.17 Å². The summed E-state index contributed by atoms with van der Waals surface area (Å²) in [6.07, 6.45) is 4.99. The highest BCUT2D eigenvalue weighted by Crippen LogP contribution is 2.10. The van der Waals surface area contributed by atoms with Crippen molar-refractivity contribution in [1.29, 1.82) is 0 Å². The van der Waals surface area contributed by atoms with E-state index in [1.54, 1.807) is 12.3 Å². The van der Waals surface area contributed by atoms with Crippen molar-refractivity contribution in [3.63, 3.8) is 0 Å². The molecule has 0 amide bonds. The van der Waals surface area contributed by atoms with Crippen molar-refractivity contribution in [3.8, 4) is 0 Å². The minimum atomic E-state index is 0.398. The van der Waals surface area contributed by atoms with E-state index in [1.165, 1.54) is 6.08 Å². The monoisotopic (exact) mass is 183 g/mol. The summed E-state index contributed by atoms with van der Waals surface area (Å²) < 4.78 is 0. The molecule has 0 bridgehead atoms. The highest BCUT2D eigenvalue weighted by Gasteiger charge is 1.96. The molecule has 0 fully saturated rings. The molecule has 1 nitrogen and oxygen atoms in total. The van der Waals surface area contributed by atoms with Gasteiger partial charge in [-0.1, -0.05) is 44.7 Å². The van der Waals surface area contributed by atoms with Crippen molar-refractivity contribution in [1.82, 2.24) is 0 Å². The number of hydrogen-bond acceptors (Lipinski definition) is 1. The number of nitrogens with zero attached hydrogens (tertiary/aromatic N) is 1. The fourth-order valence-electron chi connectivity index (χ4n) is 0.626. The molecule has 0 atom stereocenters. The van der Waals surface area contributed by atoms with Gasteiger partial charge in [0.1, 0.15) is 5.17 Å². The normalized spacial score (nSPS) is 13.3. The Morgan fingerprint density at radius 2 is 1.92 bits per heavy atom. The molecule has 0 aromatic rings. The third kappa shape index (κ3) is 4.14. The lowest BCUT2D eigenvalue weighted by Crippen LogP contribution is -1.89. The van der Waals surface area contributed by atoms with Gasteiger partial charge in [0.2, 0.25) is 0 Å². The first-order valence-corrected chi connectivity index (χ1v) is 4.17. The van der Waals surface area contributed by atoms with Crippen LogP contribution in [-0.2, 0) is 0 Å². The number of halogens is 1. The molecule has 0 unspecified atom stereocenters. The Morgan fingerprint density at radius 3 is 2.25 bits per heavy atom. The maximum absolute atomic E-state index is 5.62. The molecule has 0 aliphatic carbocycles. The molecule has 0 N–H and O–H groups in total. The third-order valence-corrected chi connectivity index (χ3v) is 1.66. The highest BCUT2D eigenvalue weighted by atomic mass is 35.5. The van der Waals surface area contributed by atoms with E-state index in [2.05, 4.69) is 32.0 Å². The SMILES string of the molecule is C=C/C(=C\N=C(\Cl)C=C)C(C)C. The molecule has 0 aliphatic rings. The summed E-state index contributed by atoms with van der Waals surface area (Å²) >= 11 is 5.62. The van der Waals surface area contributed by atoms with E-state index in [0.717, 1.165) is 5.57 Å². The van der Waals surface area contributed by atoms with Crippen LogP contribution in [0.25, 0.3) is 0 Å². The first kappa shape index (κ1) is 11.2. The Labute approximate surface area is 79.2 Å². The van der Waals surface area contributed by atoms with Crippen LogP contribution in [0.15, 0.2) is 42.1 Å². The molecule has 0 aliphatic heterocycles. The Bertz CT molecular complexity index is 224. The van der Waals surface area contributed by atoms with Gasteiger partial charge in [0.05, 0.1) is 0 Å². The molecule has 2 heteroatoms. The van der Waals surface area contributed by atoms with E-state index in [-0.39, 0.29) is 0 Å². The second-order valence-electron chi connectivity index (χ2n) is 2.64. The van der Waals surface area contributed by atoms with E-state index in [9.17, 15) is 0 Å². The van der Waals surface area contributed by atoms with Gasteiger partial charge < -0.3 is 0 Å². The van der Waals surface area contributed by atoms with Gasteiger partial charge >= 0.3 is 0 Å². The number of hydrogen-bond donors (Lipinski definition) is 0. The number of aliphatic imine (C=N–C) groups is 1. The minimum absolute atomic E-state index is 0.398. The van der Waals surface area contributed by atoms with Crippen LogP contribution in [0.4, 0.5) is 0 Å². The van der Waals surface area contributed by atoms with Gasteiger partial charge in [0, 0.05) is 6.20 Å². The Morgan fingerprint density at radius 1 is 1.33 bits per heavy atom. The summed E-state index contributed by atoms with van der Waals surface area (Å²) in [5.41, 5.74) is 1.06. The quantitative estimate of drug-likeness (QED) is 0.467. The second kappa shape index (κ2) is 5.78. The van der Waals surface area contributed by atoms with E-state index in [4.69, 9.17) is 11.6 Å². The first-order valence-electron chi connectivity index (χ1n) is 3.80. The largest absolute Gasteiger partial charge is 0.244 e. The van der Waals surface area contributed by atoms with Crippen LogP contribution in [0.3, 0.4) is 0 Å². The molecule has 0 radical (unpaired) electrons. The number of rotatable bonds is 4. The molecule has 0 spiro atoms. The van der Waals surface area contributed by atoms with Gasteiger partial charge in [0.25, 0.3) is 0 Å². The number of allylic oxidation sites excluding steroid dienone is 3.